The molecule has 71 heavy (non-hydrogen) atoms. The number of hydrogen-bond acceptors (Lipinski definition) is 19. The molecule has 0 saturated carbocycles. The number of hydrogen-bond donors (Lipinski definition) is 3. The molecule has 3 N–H and O–H groups in total. The summed E-state index contributed by atoms with van der Waals surface area (Å²) in [6.07, 6.45) is -5.66. The van der Waals surface area contributed by atoms with Gasteiger partial charge in [0.05, 0.1) is 65.8 Å². The number of carbonyl (C=O) groups is 8. The zero-order valence-electron chi connectivity index (χ0n) is 41.2. The second-order valence-corrected chi connectivity index (χ2v) is 16.5. The Labute approximate surface area is 412 Å². The van der Waals surface area contributed by atoms with Gasteiger partial charge in [0.2, 0.25) is 11.8 Å². The summed E-state index contributed by atoms with van der Waals surface area (Å²) in [6, 6.07) is 14.9. The summed E-state index contributed by atoms with van der Waals surface area (Å²) < 4.78 is 61.0. The molecule has 1 heterocycles. The van der Waals surface area contributed by atoms with Crippen LogP contribution in [0, 0.1) is 0 Å². The second kappa shape index (κ2) is 29.9. The minimum atomic E-state index is -2.31. The molecular formula is C49H67N3O19. The van der Waals surface area contributed by atoms with Crippen LogP contribution in [0.1, 0.15) is 83.8 Å². The fraction of sp³-hybridized carbons (Fsp3) is 0.592. The molecule has 392 valence electrons. The van der Waals surface area contributed by atoms with Gasteiger partial charge in [0, 0.05) is 60.0 Å². The first-order valence-corrected chi connectivity index (χ1v) is 23.5. The van der Waals surface area contributed by atoms with E-state index in [2.05, 4.69) is 40.2 Å². The van der Waals surface area contributed by atoms with Gasteiger partial charge in [0.15, 0.2) is 12.2 Å². The van der Waals surface area contributed by atoms with E-state index in [-0.39, 0.29) is 57.8 Å². The maximum Gasteiger partial charge on any atom is 0.407 e. The average molecular weight is 1000 g/mol. The summed E-state index contributed by atoms with van der Waals surface area (Å²) in [4.78, 5) is 99.5. The Bertz CT molecular complexity index is 2060. The van der Waals surface area contributed by atoms with Crippen LogP contribution in [0.3, 0.4) is 0 Å². The molecule has 0 unspecified atom stereocenters. The van der Waals surface area contributed by atoms with Gasteiger partial charge >= 0.3 is 35.9 Å². The minimum absolute atomic E-state index is 0.0192. The molecule has 22 nitrogen and oxygen atoms in total. The Hall–Kier alpha value is -6.20. The van der Waals surface area contributed by atoms with Gasteiger partial charge in [-0.1, -0.05) is 48.5 Å². The van der Waals surface area contributed by atoms with Gasteiger partial charge in [0.1, 0.15) is 25.4 Å². The van der Waals surface area contributed by atoms with E-state index < -0.39 is 91.1 Å². The zero-order chi connectivity index (χ0) is 51.8. The number of carbonyl (C=O) groups excluding carboxylic acids is 8. The van der Waals surface area contributed by atoms with Gasteiger partial charge in [-0.2, -0.15) is 0 Å². The lowest BCUT2D eigenvalue weighted by atomic mass is 9.88. The van der Waals surface area contributed by atoms with Crippen LogP contribution in [0.5, 0.6) is 0 Å². The number of ether oxygens (including phenoxy) is 11. The Morgan fingerprint density at radius 3 is 1.89 bits per heavy atom. The number of unbranched alkanes of at least 4 members (excludes halogenated alkanes) is 2. The van der Waals surface area contributed by atoms with Crippen molar-refractivity contribution in [3.05, 3.63) is 59.7 Å². The minimum Gasteiger partial charge on any atom is -0.465 e. The molecule has 0 spiro atoms. The summed E-state index contributed by atoms with van der Waals surface area (Å²) in [7, 11) is 1.07. The Morgan fingerprint density at radius 2 is 1.30 bits per heavy atom. The van der Waals surface area contributed by atoms with Crippen LogP contribution in [0.15, 0.2) is 48.5 Å². The van der Waals surface area contributed by atoms with Crippen molar-refractivity contribution in [3.63, 3.8) is 0 Å². The Balaban J connectivity index is 1.11. The van der Waals surface area contributed by atoms with Gasteiger partial charge in [-0.05, 0) is 41.5 Å². The number of nitrogens with one attached hydrogen (secondary N) is 3. The molecule has 0 aromatic heterocycles. The molecule has 1 aliphatic heterocycles. The normalized spacial score (nSPS) is 18.9. The van der Waals surface area contributed by atoms with Crippen LogP contribution in [0.25, 0.3) is 11.1 Å². The lowest BCUT2D eigenvalue weighted by molar-refractivity contribution is -0.314. The summed E-state index contributed by atoms with van der Waals surface area (Å²) in [5.41, 5.74) is 4.60. The standard InChI is InChI=1S/C49H67N3O19/c1-31(53)52-44-41(68-33(3)55)28-49(47(59)61-6,71-46(44)45(70-35(5)57)42(69-34(4)56)30-65-32(2)54)67-21-13-7-12-19-50-43(58)18-22-62-24-26-64-27-25-63-23-20-51-48(60)66-29-40-38-16-10-8-14-36(38)37-15-9-11-17-39(37)40/h8-11,14-17,40-42,44-46H,7,12-13,18-30H2,1-6H3,(H,50,58)(H,51,60)(H,52,53)/t41-,42+,44+,45+,46+,49+/m0/s1. The SMILES string of the molecule is COC(=O)[C@@]1(OCCCCCNC(=O)CCOCCOCCOCCNC(=O)OCC2c3ccccc3-c3ccccc32)C[C@H](OC(C)=O)[C@@H](NC(C)=O)[C@H]([C@H](OC(C)=O)[C@@H](COC(C)=O)OC(C)=O)O1. The monoisotopic (exact) mass is 1000 g/mol. The fourth-order valence-electron chi connectivity index (χ4n) is 8.09. The lowest BCUT2D eigenvalue weighted by Crippen LogP contribution is -2.69. The van der Waals surface area contributed by atoms with Crippen LogP contribution in [-0.4, -0.2) is 164 Å². The zero-order valence-corrected chi connectivity index (χ0v) is 41.2. The van der Waals surface area contributed by atoms with Crippen LogP contribution >= 0.6 is 0 Å². The van der Waals surface area contributed by atoms with E-state index in [1.54, 1.807) is 0 Å². The van der Waals surface area contributed by atoms with Crippen LogP contribution in [-0.2, 0) is 85.7 Å². The molecular weight excluding hydrogens is 935 g/mol. The lowest BCUT2D eigenvalue weighted by Gasteiger charge is -2.48. The smallest absolute Gasteiger partial charge is 0.407 e. The van der Waals surface area contributed by atoms with Gasteiger partial charge < -0.3 is 68.1 Å². The predicted molar refractivity (Wildman–Crippen MR) is 248 cm³/mol. The summed E-state index contributed by atoms with van der Waals surface area (Å²) in [5.74, 6) is -7.56. The highest BCUT2D eigenvalue weighted by Crippen LogP contribution is 2.44. The van der Waals surface area contributed by atoms with E-state index in [4.69, 9.17) is 52.1 Å². The van der Waals surface area contributed by atoms with Crippen molar-refractivity contribution in [2.24, 2.45) is 0 Å². The van der Waals surface area contributed by atoms with Crippen LogP contribution in [0.2, 0.25) is 0 Å². The third-order valence-corrected chi connectivity index (χ3v) is 11.1. The molecule has 2 aromatic carbocycles. The average Bonchev–Trinajstić information content (AvgIpc) is 3.64. The van der Waals surface area contributed by atoms with Gasteiger partial charge in [0.25, 0.3) is 5.79 Å². The maximum atomic E-state index is 13.5. The summed E-state index contributed by atoms with van der Waals surface area (Å²) in [5, 5.41) is 8.12. The van der Waals surface area contributed by atoms with Crippen molar-refractivity contribution in [3.8, 4) is 11.1 Å². The highest BCUT2D eigenvalue weighted by atomic mass is 16.7. The molecule has 1 saturated heterocycles. The molecule has 2 aromatic rings. The topological polar surface area (TPSA) is 274 Å². The largest absolute Gasteiger partial charge is 0.465 e. The highest BCUT2D eigenvalue weighted by Gasteiger charge is 2.59. The maximum absolute atomic E-state index is 13.5. The molecule has 0 radical (unpaired) electrons. The quantitative estimate of drug-likeness (QED) is 0.0577. The van der Waals surface area contributed by atoms with E-state index in [0.717, 1.165) is 57.1 Å². The van der Waals surface area contributed by atoms with E-state index in [1.807, 2.05) is 24.3 Å². The number of benzene rings is 2. The van der Waals surface area contributed by atoms with Crippen molar-refractivity contribution in [2.75, 3.05) is 79.7 Å². The molecule has 22 heteroatoms. The molecule has 2 aliphatic rings. The number of alkyl carbamates (subject to hydrolysis) is 1. The Morgan fingerprint density at radius 1 is 0.676 bits per heavy atom. The molecule has 0 bridgehead atoms. The van der Waals surface area contributed by atoms with E-state index in [1.165, 1.54) is 6.92 Å². The van der Waals surface area contributed by atoms with Crippen molar-refractivity contribution >= 4 is 47.8 Å². The van der Waals surface area contributed by atoms with Crippen molar-refractivity contribution < 1.29 is 90.5 Å². The number of fused-ring (bicyclic) bond motifs is 3. The van der Waals surface area contributed by atoms with Crippen molar-refractivity contribution in [1.82, 2.24) is 16.0 Å². The highest BCUT2D eigenvalue weighted by molar-refractivity contribution is 5.80. The molecule has 6 atom stereocenters. The summed E-state index contributed by atoms with van der Waals surface area (Å²) >= 11 is 0. The number of methoxy groups -OCH3 is 1. The third kappa shape index (κ3) is 18.8. The van der Waals surface area contributed by atoms with E-state index >= 15 is 0 Å². The molecule has 1 aliphatic carbocycles. The Kier molecular flexibility index (Phi) is 24.1. The van der Waals surface area contributed by atoms with Gasteiger partial charge in [-0.15, -0.1) is 0 Å². The van der Waals surface area contributed by atoms with Crippen molar-refractivity contribution in [2.45, 2.75) is 109 Å². The molecule has 3 amide bonds. The first-order chi connectivity index (χ1) is 34.0. The predicted octanol–water partition coefficient (Wildman–Crippen LogP) is 2.79. The number of amides is 3. The third-order valence-electron chi connectivity index (χ3n) is 11.1. The fourth-order valence-corrected chi connectivity index (χ4v) is 8.09. The second-order valence-electron chi connectivity index (χ2n) is 16.5. The van der Waals surface area contributed by atoms with Crippen LogP contribution < -0.4 is 16.0 Å². The summed E-state index contributed by atoms with van der Waals surface area (Å²) in [6.45, 7) is 7.23. The molecule has 4 rings (SSSR count). The first kappa shape index (κ1) is 57.4. The number of rotatable bonds is 30. The number of esters is 5. The van der Waals surface area contributed by atoms with Crippen molar-refractivity contribution in [1.29, 1.82) is 0 Å². The first-order valence-electron chi connectivity index (χ1n) is 23.5. The van der Waals surface area contributed by atoms with Gasteiger partial charge in [-0.25, -0.2) is 9.59 Å². The molecule has 1 fully saturated rings. The van der Waals surface area contributed by atoms with E-state index in [0.29, 0.717) is 45.6 Å². The van der Waals surface area contributed by atoms with E-state index in [9.17, 15) is 38.4 Å². The van der Waals surface area contributed by atoms with Gasteiger partial charge in [-0.3, -0.25) is 28.8 Å². The van der Waals surface area contributed by atoms with Crippen LogP contribution in [0.4, 0.5) is 4.79 Å².